The van der Waals surface area contributed by atoms with Crippen LogP contribution in [0.25, 0.3) is 0 Å². The van der Waals surface area contributed by atoms with Crippen molar-refractivity contribution in [3.63, 3.8) is 0 Å². The first-order valence-corrected chi connectivity index (χ1v) is 8.36. The molecule has 0 unspecified atom stereocenters. The molecule has 1 N–H and O–H groups in total. The van der Waals surface area contributed by atoms with Crippen LogP contribution in [0.2, 0.25) is 0 Å². The first-order chi connectivity index (χ1) is 11.4. The molecule has 0 saturated carbocycles. The zero-order valence-electron chi connectivity index (χ0n) is 14.5. The van der Waals surface area contributed by atoms with Gasteiger partial charge in [0.15, 0.2) is 5.78 Å². The van der Waals surface area contributed by atoms with Gasteiger partial charge in [-0.3, -0.25) is 9.48 Å². The van der Waals surface area contributed by atoms with Crippen molar-refractivity contribution in [2.24, 2.45) is 5.41 Å². The van der Waals surface area contributed by atoms with Crippen LogP contribution in [0.4, 0.5) is 5.95 Å². The number of carbonyl (C=O) groups excluding carboxylic acids is 1. The topological polar surface area (TPSA) is 77.6 Å². The normalized spacial score (nSPS) is 22.2. The molecule has 1 aliphatic carbocycles. The molecule has 2 aromatic rings. The van der Waals surface area contributed by atoms with Crippen molar-refractivity contribution in [1.82, 2.24) is 24.5 Å². The van der Waals surface area contributed by atoms with Gasteiger partial charge in [-0.25, -0.2) is 4.68 Å². The fourth-order valence-corrected chi connectivity index (χ4v) is 3.88. The number of aromatic nitrogens is 5. The van der Waals surface area contributed by atoms with Gasteiger partial charge >= 0.3 is 0 Å². The van der Waals surface area contributed by atoms with E-state index in [0.717, 1.165) is 35.5 Å². The van der Waals surface area contributed by atoms with Gasteiger partial charge in [0.05, 0.1) is 6.20 Å². The number of Topliss-reactive ketones (excluding diaryl/α,β-unsaturated/α-hetero) is 1. The number of hydrogen-bond acceptors (Lipinski definition) is 5. The first-order valence-electron chi connectivity index (χ1n) is 8.36. The van der Waals surface area contributed by atoms with Crippen molar-refractivity contribution in [2.45, 2.75) is 53.1 Å². The maximum atomic E-state index is 13.0. The number of fused-ring (bicyclic) bond motifs is 1. The number of ketones is 1. The lowest BCUT2D eigenvalue weighted by Crippen LogP contribution is -2.36. The highest BCUT2D eigenvalue weighted by Gasteiger charge is 2.42. The number of allylic oxidation sites excluding steroid dienone is 2. The predicted octanol–water partition coefficient (Wildman–Crippen LogP) is 2.46. The molecular formula is C17H22N6O. The van der Waals surface area contributed by atoms with Crippen LogP contribution in [0.3, 0.4) is 0 Å². The molecule has 3 heterocycles. The first kappa shape index (κ1) is 15.1. The molecule has 2 aliphatic rings. The standard InChI is InChI=1S/C17H22N6O/c1-5-22-10(2)11(8-19-22)15-14-12(6-17(3,4)7-13(14)24)21-16-18-9-20-23(15)16/h8-9,15H,5-7H2,1-4H3,(H,18,20,21)/t15-/m0/s1. The summed E-state index contributed by atoms with van der Waals surface area (Å²) in [5, 5.41) is 12.2. The van der Waals surface area contributed by atoms with Crippen LogP contribution in [-0.2, 0) is 11.3 Å². The van der Waals surface area contributed by atoms with Crippen molar-refractivity contribution in [1.29, 1.82) is 0 Å². The molecule has 2 aromatic heterocycles. The molecule has 0 spiro atoms. The fourth-order valence-electron chi connectivity index (χ4n) is 3.88. The van der Waals surface area contributed by atoms with Crippen LogP contribution in [0.1, 0.15) is 50.9 Å². The summed E-state index contributed by atoms with van der Waals surface area (Å²) in [5.74, 6) is 0.872. The Hall–Kier alpha value is -2.44. The summed E-state index contributed by atoms with van der Waals surface area (Å²) < 4.78 is 3.75. The number of hydrogen-bond donors (Lipinski definition) is 1. The van der Waals surface area contributed by atoms with E-state index in [1.165, 1.54) is 6.33 Å². The minimum absolute atomic E-state index is 0.0434. The Morgan fingerprint density at radius 1 is 1.33 bits per heavy atom. The summed E-state index contributed by atoms with van der Waals surface area (Å²) in [6, 6.07) is -0.248. The van der Waals surface area contributed by atoms with Gasteiger partial charge in [0.2, 0.25) is 5.95 Å². The van der Waals surface area contributed by atoms with Gasteiger partial charge in [0.25, 0.3) is 0 Å². The Morgan fingerprint density at radius 3 is 2.83 bits per heavy atom. The van der Waals surface area contributed by atoms with E-state index < -0.39 is 0 Å². The fraction of sp³-hybridized carbons (Fsp3) is 0.529. The van der Waals surface area contributed by atoms with Gasteiger partial charge in [-0.15, -0.1) is 0 Å². The van der Waals surface area contributed by atoms with Crippen molar-refractivity contribution in [2.75, 3.05) is 5.32 Å². The minimum Gasteiger partial charge on any atom is -0.328 e. The van der Waals surface area contributed by atoms with Crippen LogP contribution >= 0.6 is 0 Å². The highest BCUT2D eigenvalue weighted by molar-refractivity contribution is 6.00. The van der Waals surface area contributed by atoms with E-state index in [9.17, 15) is 4.79 Å². The van der Waals surface area contributed by atoms with Crippen molar-refractivity contribution in [3.8, 4) is 0 Å². The highest BCUT2D eigenvalue weighted by atomic mass is 16.1. The predicted molar refractivity (Wildman–Crippen MR) is 89.5 cm³/mol. The van der Waals surface area contributed by atoms with E-state index in [1.807, 2.05) is 17.8 Å². The summed E-state index contributed by atoms with van der Waals surface area (Å²) in [5.41, 5.74) is 3.83. The number of nitrogens with zero attached hydrogens (tertiary/aromatic N) is 5. The molecule has 0 radical (unpaired) electrons. The zero-order chi connectivity index (χ0) is 17.1. The summed E-state index contributed by atoms with van der Waals surface area (Å²) in [4.78, 5) is 17.3. The lowest BCUT2D eigenvalue weighted by molar-refractivity contribution is -0.118. The van der Waals surface area contributed by atoms with Crippen molar-refractivity contribution >= 4 is 11.7 Å². The maximum absolute atomic E-state index is 13.0. The molecular weight excluding hydrogens is 304 g/mol. The molecule has 126 valence electrons. The quantitative estimate of drug-likeness (QED) is 0.917. The van der Waals surface area contributed by atoms with Crippen LogP contribution in [0, 0.1) is 12.3 Å². The van der Waals surface area contributed by atoms with Crippen molar-refractivity contribution in [3.05, 3.63) is 35.1 Å². The van der Waals surface area contributed by atoms with Crippen LogP contribution < -0.4 is 5.32 Å². The second-order valence-corrected chi connectivity index (χ2v) is 7.39. The van der Waals surface area contributed by atoms with Crippen molar-refractivity contribution < 1.29 is 4.79 Å². The molecule has 7 nitrogen and oxygen atoms in total. The lowest BCUT2D eigenvalue weighted by Gasteiger charge is -2.38. The van der Waals surface area contributed by atoms with Gasteiger partial charge in [-0.1, -0.05) is 13.8 Å². The van der Waals surface area contributed by atoms with E-state index in [4.69, 9.17) is 0 Å². The third kappa shape index (κ3) is 2.11. The lowest BCUT2D eigenvalue weighted by atomic mass is 9.73. The van der Waals surface area contributed by atoms with E-state index in [2.05, 4.69) is 41.3 Å². The molecule has 24 heavy (non-hydrogen) atoms. The van der Waals surface area contributed by atoms with Crippen LogP contribution in [0.5, 0.6) is 0 Å². The van der Waals surface area contributed by atoms with Crippen LogP contribution in [0.15, 0.2) is 23.8 Å². The maximum Gasteiger partial charge on any atom is 0.226 e. The monoisotopic (exact) mass is 326 g/mol. The summed E-state index contributed by atoms with van der Waals surface area (Å²) >= 11 is 0. The number of rotatable bonds is 2. The highest BCUT2D eigenvalue weighted by Crippen LogP contribution is 2.45. The van der Waals surface area contributed by atoms with E-state index in [-0.39, 0.29) is 17.2 Å². The molecule has 0 amide bonds. The van der Waals surface area contributed by atoms with Gasteiger partial charge in [0.1, 0.15) is 12.4 Å². The Balaban J connectivity index is 1.91. The smallest absolute Gasteiger partial charge is 0.226 e. The molecule has 7 heteroatoms. The Labute approximate surface area is 140 Å². The van der Waals surface area contributed by atoms with Gasteiger partial charge in [-0.05, 0) is 25.7 Å². The SMILES string of the molecule is CCn1ncc([C@H]2C3=C(CC(C)(C)CC3=O)Nc3ncnn32)c1C. The third-order valence-electron chi connectivity index (χ3n) is 5.01. The van der Waals surface area contributed by atoms with Gasteiger partial charge < -0.3 is 5.32 Å². The second-order valence-electron chi connectivity index (χ2n) is 7.39. The third-order valence-corrected chi connectivity index (χ3v) is 5.01. The van der Waals surface area contributed by atoms with Gasteiger partial charge in [0, 0.05) is 35.5 Å². The average Bonchev–Trinajstić information content (AvgIpc) is 3.10. The van der Waals surface area contributed by atoms with E-state index in [1.54, 1.807) is 4.68 Å². The molecule has 0 aromatic carbocycles. The van der Waals surface area contributed by atoms with E-state index in [0.29, 0.717) is 12.4 Å². The number of nitrogens with one attached hydrogen (secondary N) is 1. The molecule has 4 rings (SSSR count). The van der Waals surface area contributed by atoms with Crippen LogP contribution in [-0.4, -0.2) is 30.3 Å². The number of anilines is 1. The summed E-state index contributed by atoms with van der Waals surface area (Å²) in [6.45, 7) is 9.16. The van der Waals surface area contributed by atoms with E-state index >= 15 is 0 Å². The second kappa shape index (κ2) is 5.03. The largest absolute Gasteiger partial charge is 0.328 e. The summed E-state index contributed by atoms with van der Waals surface area (Å²) in [7, 11) is 0. The molecule has 0 fully saturated rings. The zero-order valence-corrected chi connectivity index (χ0v) is 14.5. The Bertz CT molecular complexity index is 856. The van der Waals surface area contributed by atoms with Gasteiger partial charge in [-0.2, -0.15) is 15.2 Å². The molecule has 1 aliphatic heterocycles. The molecule has 0 bridgehead atoms. The number of carbonyl (C=O) groups is 1. The molecule has 1 atom stereocenters. The average molecular weight is 326 g/mol. The summed E-state index contributed by atoms with van der Waals surface area (Å²) in [6.07, 6.45) is 4.77. The molecule has 0 saturated heterocycles. The number of aryl methyl sites for hydroxylation is 1. The Morgan fingerprint density at radius 2 is 2.12 bits per heavy atom. The Kier molecular flexibility index (Phi) is 3.16. The minimum atomic E-state index is -0.248.